The van der Waals surface area contributed by atoms with Crippen molar-refractivity contribution in [3.63, 3.8) is 0 Å². The van der Waals surface area contributed by atoms with Crippen LogP contribution < -0.4 is 5.32 Å². The second-order valence-electron chi connectivity index (χ2n) is 3.94. The van der Waals surface area contributed by atoms with Crippen molar-refractivity contribution in [3.8, 4) is 0 Å². The number of amides is 1. The predicted molar refractivity (Wildman–Crippen MR) is 49.7 cm³/mol. The van der Waals surface area contributed by atoms with Crippen LogP contribution in [-0.4, -0.2) is 12.5 Å². The van der Waals surface area contributed by atoms with Crippen LogP contribution in [0.3, 0.4) is 0 Å². The smallest absolute Gasteiger partial charge is 0.243 e. The van der Waals surface area contributed by atoms with Gasteiger partial charge in [-0.3, -0.25) is 4.79 Å². The van der Waals surface area contributed by atoms with Gasteiger partial charge in [-0.2, -0.15) is 0 Å². The molecule has 0 aromatic carbocycles. The van der Waals surface area contributed by atoms with Crippen molar-refractivity contribution in [1.29, 1.82) is 0 Å². The number of carbonyl (C=O) groups excluding carboxylic acids is 1. The Morgan fingerprint density at radius 1 is 1.67 bits per heavy atom. The van der Waals surface area contributed by atoms with Crippen LogP contribution >= 0.6 is 0 Å². The van der Waals surface area contributed by atoms with Crippen LogP contribution in [0.1, 0.15) is 26.7 Å². The summed E-state index contributed by atoms with van der Waals surface area (Å²) in [7, 11) is 0. The minimum atomic E-state index is -0.0538. The highest BCUT2D eigenvalue weighted by Gasteiger charge is 2.45. The van der Waals surface area contributed by atoms with Crippen LogP contribution in [0, 0.1) is 11.3 Å². The van der Waals surface area contributed by atoms with Crippen LogP contribution in [0.25, 0.3) is 0 Å². The minimum absolute atomic E-state index is 0.0538. The van der Waals surface area contributed by atoms with Gasteiger partial charge in [0.25, 0.3) is 0 Å². The summed E-state index contributed by atoms with van der Waals surface area (Å²) in [6.07, 6.45) is 3.83. The fraction of sp³-hybridized carbons (Fsp3) is 0.700. The summed E-state index contributed by atoms with van der Waals surface area (Å²) in [5, 5.41) is 2.86. The molecule has 1 amide bonds. The van der Waals surface area contributed by atoms with E-state index in [0.717, 1.165) is 6.54 Å². The molecule has 0 spiro atoms. The Morgan fingerprint density at radius 3 is 2.58 bits per heavy atom. The molecule has 2 nitrogen and oxygen atoms in total. The van der Waals surface area contributed by atoms with Crippen LogP contribution in [0.15, 0.2) is 12.7 Å². The molecular weight excluding hydrogens is 150 g/mol. The summed E-state index contributed by atoms with van der Waals surface area (Å²) in [4.78, 5) is 10.9. The Kier molecular flexibility index (Phi) is 2.55. The van der Waals surface area contributed by atoms with E-state index in [9.17, 15) is 4.79 Å². The standard InChI is InChI=1S/C10H17NO/c1-4-9(12)11-7-10(5-6-10)8(2)3/h4,8H,1,5-7H2,2-3H3,(H,11,12). The molecule has 12 heavy (non-hydrogen) atoms. The van der Waals surface area contributed by atoms with Crippen molar-refractivity contribution < 1.29 is 4.79 Å². The summed E-state index contributed by atoms with van der Waals surface area (Å²) in [6.45, 7) is 8.66. The van der Waals surface area contributed by atoms with E-state index in [0.29, 0.717) is 11.3 Å². The van der Waals surface area contributed by atoms with Gasteiger partial charge in [0.2, 0.25) is 5.91 Å². The molecule has 0 atom stereocenters. The first-order valence-corrected chi connectivity index (χ1v) is 4.51. The molecular formula is C10H17NO. The maximum Gasteiger partial charge on any atom is 0.243 e. The highest BCUT2D eigenvalue weighted by molar-refractivity contribution is 5.86. The van der Waals surface area contributed by atoms with Crippen molar-refractivity contribution in [1.82, 2.24) is 5.32 Å². The second kappa shape index (κ2) is 3.30. The van der Waals surface area contributed by atoms with Gasteiger partial charge in [-0.15, -0.1) is 0 Å². The van der Waals surface area contributed by atoms with Crippen molar-refractivity contribution in [2.45, 2.75) is 26.7 Å². The third-order valence-electron chi connectivity index (χ3n) is 2.92. The molecule has 0 saturated heterocycles. The first-order chi connectivity index (χ1) is 5.60. The maximum atomic E-state index is 10.9. The lowest BCUT2D eigenvalue weighted by Gasteiger charge is -2.19. The highest BCUT2D eigenvalue weighted by Crippen LogP contribution is 2.51. The van der Waals surface area contributed by atoms with Crippen molar-refractivity contribution in [3.05, 3.63) is 12.7 Å². The van der Waals surface area contributed by atoms with Gasteiger partial charge in [-0.1, -0.05) is 20.4 Å². The zero-order valence-electron chi connectivity index (χ0n) is 7.89. The van der Waals surface area contributed by atoms with E-state index >= 15 is 0 Å². The van der Waals surface area contributed by atoms with E-state index in [1.165, 1.54) is 18.9 Å². The van der Waals surface area contributed by atoms with Crippen LogP contribution in [-0.2, 0) is 4.79 Å². The fourth-order valence-corrected chi connectivity index (χ4v) is 1.45. The van der Waals surface area contributed by atoms with E-state index < -0.39 is 0 Å². The average Bonchev–Trinajstić information content (AvgIpc) is 2.81. The summed E-state index contributed by atoms with van der Waals surface area (Å²) in [5.74, 6) is 0.615. The van der Waals surface area contributed by atoms with Gasteiger partial charge < -0.3 is 5.32 Å². The van der Waals surface area contributed by atoms with Crippen LogP contribution in [0.4, 0.5) is 0 Å². The van der Waals surface area contributed by atoms with Gasteiger partial charge in [0, 0.05) is 6.54 Å². The molecule has 1 N–H and O–H groups in total. The third-order valence-corrected chi connectivity index (χ3v) is 2.92. The van der Waals surface area contributed by atoms with Gasteiger partial charge in [-0.05, 0) is 30.3 Å². The largest absolute Gasteiger partial charge is 0.352 e. The summed E-state index contributed by atoms with van der Waals surface area (Å²) in [6, 6.07) is 0. The monoisotopic (exact) mass is 167 g/mol. The molecule has 2 heteroatoms. The predicted octanol–water partition coefficient (Wildman–Crippen LogP) is 1.72. The molecule has 0 aromatic heterocycles. The van der Waals surface area contributed by atoms with Crippen molar-refractivity contribution in [2.24, 2.45) is 11.3 Å². The maximum absolute atomic E-state index is 10.9. The summed E-state index contributed by atoms with van der Waals surface area (Å²) in [5.41, 5.74) is 0.401. The summed E-state index contributed by atoms with van der Waals surface area (Å²) >= 11 is 0. The van der Waals surface area contributed by atoms with Crippen LogP contribution in [0.5, 0.6) is 0 Å². The molecule has 0 bridgehead atoms. The molecule has 0 radical (unpaired) electrons. The van der Waals surface area contributed by atoms with Crippen LogP contribution in [0.2, 0.25) is 0 Å². The molecule has 0 aliphatic heterocycles. The van der Waals surface area contributed by atoms with E-state index in [1.807, 2.05) is 0 Å². The Balaban J connectivity index is 2.32. The van der Waals surface area contributed by atoms with Gasteiger partial charge in [0.15, 0.2) is 0 Å². The van der Waals surface area contributed by atoms with Gasteiger partial charge in [0.1, 0.15) is 0 Å². The third kappa shape index (κ3) is 1.87. The van der Waals surface area contributed by atoms with Crippen molar-refractivity contribution >= 4 is 5.91 Å². The number of carbonyl (C=O) groups is 1. The quantitative estimate of drug-likeness (QED) is 0.635. The normalized spacial score (nSPS) is 18.9. The molecule has 0 aromatic rings. The first-order valence-electron chi connectivity index (χ1n) is 4.51. The first kappa shape index (κ1) is 9.30. The van der Waals surface area contributed by atoms with Crippen molar-refractivity contribution in [2.75, 3.05) is 6.54 Å². The number of rotatable bonds is 4. The fourth-order valence-electron chi connectivity index (χ4n) is 1.45. The number of nitrogens with one attached hydrogen (secondary N) is 1. The molecule has 1 aliphatic rings. The Hall–Kier alpha value is -0.790. The lowest BCUT2D eigenvalue weighted by molar-refractivity contribution is -0.116. The van der Waals surface area contributed by atoms with E-state index in [-0.39, 0.29) is 5.91 Å². The number of hydrogen-bond acceptors (Lipinski definition) is 1. The molecule has 1 aliphatic carbocycles. The molecule has 68 valence electrons. The Morgan fingerprint density at radius 2 is 2.25 bits per heavy atom. The molecule has 0 heterocycles. The Labute approximate surface area is 74.0 Å². The highest BCUT2D eigenvalue weighted by atomic mass is 16.1. The van der Waals surface area contributed by atoms with E-state index in [2.05, 4.69) is 25.7 Å². The Bertz CT molecular complexity index is 192. The second-order valence-corrected chi connectivity index (χ2v) is 3.94. The lowest BCUT2D eigenvalue weighted by atomic mass is 9.92. The lowest BCUT2D eigenvalue weighted by Crippen LogP contribution is -2.31. The van der Waals surface area contributed by atoms with Gasteiger partial charge in [-0.25, -0.2) is 0 Å². The molecule has 1 rings (SSSR count). The minimum Gasteiger partial charge on any atom is -0.352 e. The van der Waals surface area contributed by atoms with E-state index in [4.69, 9.17) is 0 Å². The topological polar surface area (TPSA) is 29.1 Å². The number of hydrogen-bond donors (Lipinski definition) is 1. The zero-order valence-corrected chi connectivity index (χ0v) is 7.89. The summed E-state index contributed by atoms with van der Waals surface area (Å²) < 4.78 is 0. The van der Waals surface area contributed by atoms with Gasteiger partial charge in [0.05, 0.1) is 0 Å². The molecule has 0 unspecified atom stereocenters. The molecule has 1 saturated carbocycles. The van der Waals surface area contributed by atoms with Gasteiger partial charge >= 0.3 is 0 Å². The van der Waals surface area contributed by atoms with E-state index in [1.54, 1.807) is 0 Å². The molecule has 1 fully saturated rings. The zero-order chi connectivity index (χ0) is 9.19. The average molecular weight is 167 g/mol. The SMILES string of the molecule is C=CC(=O)NCC1(C(C)C)CC1.